The van der Waals surface area contributed by atoms with E-state index >= 15 is 0 Å². The van der Waals surface area contributed by atoms with Gasteiger partial charge in [0.25, 0.3) is 0 Å². The molecule has 0 aromatic rings. The van der Waals surface area contributed by atoms with Gasteiger partial charge < -0.3 is 33.7 Å². The van der Waals surface area contributed by atoms with E-state index in [4.69, 9.17) is 23.7 Å². The Bertz CT molecular complexity index is 995. The molecule has 0 spiro atoms. The summed E-state index contributed by atoms with van der Waals surface area (Å²) in [5.74, 6) is -0.292. The van der Waals surface area contributed by atoms with Crippen molar-refractivity contribution in [3.8, 4) is 0 Å². The molecule has 0 aromatic heterocycles. The predicted octanol–water partition coefficient (Wildman–Crippen LogP) is 15.0. The van der Waals surface area contributed by atoms with Crippen LogP contribution in [0.5, 0.6) is 0 Å². The second-order valence-electron chi connectivity index (χ2n) is 19.0. The van der Waals surface area contributed by atoms with E-state index in [9.17, 15) is 14.7 Å². The van der Waals surface area contributed by atoms with Crippen LogP contribution in [0.2, 0.25) is 0 Å². The number of carbonyl (C=O) groups excluding carboxylic acids is 2. The predicted molar refractivity (Wildman–Crippen MR) is 278 cm³/mol. The number of esters is 2. The van der Waals surface area contributed by atoms with Crippen LogP contribution in [0.25, 0.3) is 0 Å². The number of hydrogen-bond acceptors (Lipinski definition) is 9. The summed E-state index contributed by atoms with van der Waals surface area (Å²) in [6.07, 6.45) is 47.9. The lowest BCUT2D eigenvalue weighted by molar-refractivity contribution is -0.146. The van der Waals surface area contributed by atoms with Crippen LogP contribution >= 0.6 is 0 Å². The molecule has 9 nitrogen and oxygen atoms in total. The Hall–Kier alpha value is -1.78. The van der Waals surface area contributed by atoms with Crippen molar-refractivity contribution >= 4 is 11.9 Å². The molecular weight excluding hydrogens is 827 g/mol. The Kier molecular flexibility index (Phi) is 51.2. The van der Waals surface area contributed by atoms with Crippen molar-refractivity contribution in [2.24, 2.45) is 0 Å². The van der Waals surface area contributed by atoms with Crippen LogP contribution in [-0.4, -0.2) is 100 Å². The van der Waals surface area contributed by atoms with Gasteiger partial charge >= 0.3 is 11.9 Å². The topological polar surface area (TPSA) is 104 Å². The lowest BCUT2D eigenvalue weighted by atomic mass is 9.89. The molecule has 9 heteroatoms. The van der Waals surface area contributed by atoms with Gasteiger partial charge in [0, 0.05) is 39.2 Å². The molecule has 0 saturated carbocycles. The number of aliphatic hydroxyl groups is 1. The summed E-state index contributed by atoms with van der Waals surface area (Å²) >= 11 is 0. The summed E-state index contributed by atoms with van der Waals surface area (Å²) in [7, 11) is 0. The van der Waals surface area contributed by atoms with Gasteiger partial charge in [0.05, 0.1) is 25.4 Å². The quantitative estimate of drug-likeness (QED) is 0.0363. The van der Waals surface area contributed by atoms with Gasteiger partial charge in [-0.1, -0.05) is 155 Å². The van der Waals surface area contributed by atoms with Crippen LogP contribution in [0, 0.1) is 0 Å². The molecule has 0 rings (SSSR count). The van der Waals surface area contributed by atoms with Gasteiger partial charge in [0.2, 0.25) is 0 Å². The van der Waals surface area contributed by atoms with E-state index in [1.165, 1.54) is 128 Å². The third-order valence-electron chi connectivity index (χ3n) is 12.5. The number of unbranched alkanes of at least 4 members (excludes halogenated alkanes) is 22. The van der Waals surface area contributed by atoms with Crippen LogP contribution < -0.4 is 0 Å². The highest BCUT2D eigenvalue weighted by Gasteiger charge is 2.26. The van der Waals surface area contributed by atoms with E-state index in [-0.39, 0.29) is 25.2 Å². The highest BCUT2D eigenvalue weighted by Crippen LogP contribution is 2.24. The molecule has 0 heterocycles. The number of rotatable bonds is 54. The first-order chi connectivity index (χ1) is 32.4. The normalized spacial score (nSPS) is 12.1. The fraction of sp³-hybridized carbons (Fsp3) is 0.895. The van der Waals surface area contributed by atoms with Crippen LogP contribution in [0.1, 0.15) is 252 Å². The Morgan fingerprint density at radius 2 is 0.742 bits per heavy atom. The lowest BCUT2D eigenvalue weighted by Gasteiger charge is -2.29. The molecule has 0 saturated heterocycles. The summed E-state index contributed by atoms with van der Waals surface area (Å²) in [5, 5.41) is 11.7. The summed E-state index contributed by atoms with van der Waals surface area (Å²) in [6, 6.07) is 0. The molecule has 0 aliphatic carbocycles. The molecule has 0 radical (unpaired) electrons. The smallest absolute Gasteiger partial charge is 0.305 e. The van der Waals surface area contributed by atoms with Gasteiger partial charge in [0.1, 0.15) is 13.2 Å². The number of carbonyl (C=O) groups is 2. The second kappa shape index (κ2) is 52.6. The number of nitrogens with zero attached hydrogens (tertiary/aromatic N) is 1. The largest absolute Gasteiger partial charge is 0.463 e. The summed E-state index contributed by atoms with van der Waals surface area (Å²) < 4.78 is 28.4. The minimum absolute atomic E-state index is 0.146. The Balaban J connectivity index is 4.18. The van der Waals surface area contributed by atoms with Gasteiger partial charge in [-0.05, 0) is 122 Å². The second-order valence-corrected chi connectivity index (χ2v) is 19.0. The van der Waals surface area contributed by atoms with E-state index in [0.717, 1.165) is 71.0 Å². The van der Waals surface area contributed by atoms with Crippen molar-refractivity contribution in [1.82, 2.24) is 4.90 Å². The van der Waals surface area contributed by atoms with Gasteiger partial charge in [-0.3, -0.25) is 9.59 Å². The van der Waals surface area contributed by atoms with Crippen molar-refractivity contribution in [1.29, 1.82) is 0 Å². The van der Waals surface area contributed by atoms with Gasteiger partial charge in [-0.15, -0.1) is 0 Å². The van der Waals surface area contributed by atoms with E-state index in [1.54, 1.807) is 0 Å². The molecule has 0 fully saturated rings. The van der Waals surface area contributed by atoms with Gasteiger partial charge in [-0.25, -0.2) is 0 Å². The molecule has 0 aromatic carbocycles. The molecule has 390 valence electrons. The number of hydrogen-bond donors (Lipinski definition) is 1. The molecule has 0 bridgehead atoms. The van der Waals surface area contributed by atoms with Crippen LogP contribution in [0.4, 0.5) is 0 Å². The van der Waals surface area contributed by atoms with Gasteiger partial charge in [-0.2, -0.15) is 0 Å². The molecule has 0 aliphatic heterocycles. The average molecular weight is 936 g/mol. The fourth-order valence-electron chi connectivity index (χ4n) is 8.36. The van der Waals surface area contributed by atoms with E-state index in [1.807, 2.05) is 0 Å². The SMILES string of the molecule is CCCCCCCC/C=C\CCCCCCCC(=O)OCCOCCCC(O)(CCCOCCOC(=O)CCCCCCC/C=C\CCCCCCCC)CCOCCN(CCC)CCC. The highest BCUT2D eigenvalue weighted by molar-refractivity contribution is 5.69. The maximum atomic E-state index is 12.2. The van der Waals surface area contributed by atoms with Crippen LogP contribution in [-0.2, 0) is 33.3 Å². The first-order valence-corrected chi connectivity index (χ1v) is 28.2. The van der Waals surface area contributed by atoms with E-state index in [0.29, 0.717) is 84.6 Å². The molecule has 0 atom stereocenters. The van der Waals surface area contributed by atoms with Crippen molar-refractivity contribution in [3.05, 3.63) is 24.3 Å². The van der Waals surface area contributed by atoms with E-state index < -0.39 is 5.60 Å². The minimum Gasteiger partial charge on any atom is -0.463 e. The number of allylic oxidation sites excluding steroid dienone is 4. The molecular formula is C57H109NO8. The third-order valence-corrected chi connectivity index (χ3v) is 12.5. The summed E-state index contributed by atoms with van der Waals surface area (Å²) in [4.78, 5) is 26.9. The molecule has 1 N–H and O–H groups in total. The Morgan fingerprint density at radius 1 is 0.379 bits per heavy atom. The zero-order valence-electron chi connectivity index (χ0n) is 44.1. The summed E-state index contributed by atoms with van der Waals surface area (Å²) in [5.41, 5.74) is -0.883. The molecule has 0 unspecified atom stereocenters. The van der Waals surface area contributed by atoms with Crippen LogP contribution in [0.3, 0.4) is 0 Å². The number of ether oxygens (including phenoxy) is 5. The Labute approximate surface area is 408 Å². The lowest BCUT2D eigenvalue weighted by Crippen LogP contribution is -2.33. The first-order valence-electron chi connectivity index (χ1n) is 28.2. The summed E-state index contributed by atoms with van der Waals surface area (Å²) in [6.45, 7) is 15.4. The van der Waals surface area contributed by atoms with Crippen molar-refractivity contribution in [2.45, 2.75) is 258 Å². The molecule has 0 amide bonds. The van der Waals surface area contributed by atoms with Gasteiger partial charge in [0.15, 0.2) is 0 Å². The molecule has 0 aliphatic rings. The highest BCUT2D eigenvalue weighted by atomic mass is 16.6. The maximum absolute atomic E-state index is 12.2. The van der Waals surface area contributed by atoms with E-state index in [2.05, 4.69) is 56.9 Å². The van der Waals surface area contributed by atoms with Crippen molar-refractivity contribution in [2.75, 3.05) is 72.5 Å². The third kappa shape index (κ3) is 48.7. The first kappa shape index (κ1) is 64.2. The Morgan fingerprint density at radius 3 is 1.14 bits per heavy atom. The zero-order valence-corrected chi connectivity index (χ0v) is 44.1. The monoisotopic (exact) mass is 936 g/mol. The van der Waals surface area contributed by atoms with Crippen LogP contribution in [0.15, 0.2) is 24.3 Å². The van der Waals surface area contributed by atoms with Crippen molar-refractivity contribution in [3.63, 3.8) is 0 Å². The standard InChI is InChI=1S/C57H109NO8/c1-5-9-11-13-15-17-19-21-23-25-27-29-31-33-35-39-55(59)65-53-51-62-47-37-41-57(61,43-49-64-50-46-58(44-7-3)45-8-4)42-38-48-63-52-54-66-56(60)40-36-34-32-30-28-26-24-22-20-18-16-14-12-10-6-2/h21-24,61H,5-20,25-54H2,1-4H3/b23-21-,24-22-. The minimum atomic E-state index is -0.883. The average Bonchev–Trinajstić information content (AvgIpc) is 3.31. The van der Waals surface area contributed by atoms with Crippen molar-refractivity contribution < 1.29 is 38.4 Å². The molecule has 66 heavy (non-hydrogen) atoms. The maximum Gasteiger partial charge on any atom is 0.305 e. The zero-order chi connectivity index (χ0) is 48.1. The fourth-order valence-corrected chi connectivity index (χ4v) is 8.36.